The molecule has 0 N–H and O–H groups in total. The lowest BCUT2D eigenvalue weighted by Crippen LogP contribution is -2.48. The van der Waals surface area contributed by atoms with Gasteiger partial charge in [-0.15, -0.1) is 0 Å². The van der Waals surface area contributed by atoms with Gasteiger partial charge in [-0.05, 0) is 38.5 Å². The van der Waals surface area contributed by atoms with Gasteiger partial charge in [0.1, 0.15) is 5.75 Å². The maximum atomic E-state index is 12.1. The number of benzene rings is 1. The number of hydrogen-bond donors (Lipinski definition) is 0. The highest BCUT2D eigenvalue weighted by Gasteiger charge is 2.25. The first-order valence-electron chi connectivity index (χ1n) is 7.17. The molecule has 0 aromatic heterocycles. The van der Waals surface area contributed by atoms with E-state index in [-0.39, 0.29) is 18.1 Å². The first kappa shape index (κ1) is 14.9. The number of aryl methyl sites for hydroxylation is 1. The molecule has 0 spiro atoms. The topological polar surface area (TPSA) is 38.8 Å². The lowest BCUT2D eigenvalue weighted by atomic mass is 10.2. The van der Waals surface area contributed by atoms with E-state index in [0.29, 0.717) is 26.1 Å². The van der Waals surface area contributed by atoms with Crippen molar-refractivity contribution in [2.75, 3.05) is 19.7 Å². The van der Waals surface area contributed by atoms with Gasteiger partial charge in [0.15, 0.2) is 0 Å². The lowest BCUT2D eigenvalue weighted by Gasteiger charge is -2.35. The van der Waals surface area contributed by atoms with E-state index in [2.05, 4.69) is 0 Å². The minimum absolute atomic E-state index is 0.111. The van der Waals surface area contributed by atoms with Crippen LogP contribution in [0.15, 0.2) is 24.3 Å². The monoisotopic (exact) mass is 277 g/mol. The van der Waals surface area contributed by atoms with Crippen molar-refractivity contribution < 1.29 is 14.3 Å². The highest BCUT2D eigenvalue weighted by atomic mass is 16.5. The van der Waals surface area contributed by atoms with Gasteiger partial charge in [-0.2, -0.15) is 0 Å². The minimum Gasteiger partial charge on any atom is -0.493 e. The Kier molecular flexibility index (Phi) is 5.01. The van der Waals surface area contributed by atoms with Crippen LogP contribution < -0.4 is 4.74 Å². The van der Waals surface area contributed by atoms with E-state index in [1.54, 1.807) is 0 Å². The highest BCUT2D eigenvalue weighted by Crippen LogP contribution is 2.14. The highest BCUT2D eigenvalue weighted by molar-refractivity contribution is 5.76. The van der Waals surface area contributed by atoms with Crippen LogP contribution in [0.25, 0.3) is 0 Å². The lowest BCUT2D eigenvalue weighted by molar-refractivity contribution is -0.143. The van der Waals surface area contributed by atoms with E-state index in [9.17, 15) is 4.79 Å². The third-order valence-corrected chi connectivity index (χ3v) is 3.35. The number of nitrogens with zero attached hydrogens (tertiary/aromatic N) is 1. The summed E-state index contributed by atoms with van der Waals surface area (Å²) in [6, 6.07) is 7.87. The van der Waals surface area contributed by atoms with Gasteiger partial charge in [-0.25, -0.2) is 0 Å². The number of rotatable bonds is 4. The van der Waals surface area contributed by atoms with Crippen molar-refractivity contribution in [2.24, 2.45) is 0 Å². The van der Waals surface area contributed by atoms with Gasteiger partial charge in [0.25, 0.3) is 0 Å². The van der Waals surface area contributed by atoms with Crippen LogP contribution in [0.4, 0.5) is 0 Å². The quantitative estimate of drug-likeness (QED) is 0.848. The molecule has 1 aromatic carbocycles. The van der Waals surface area contributed by atoms with Gasteiger partial charge in [0.2, 0.25) is 5.91 Å². The Bertz CT molecular complexity index is 451. The van der Waals surface area contributed by atoms with E-state index in [1.807, 2.05) is 49.9 Å². The van der Waals surface area contributed by atoms with Crippen molar-refractivity contribution in [3.05, 3.63) is 29.8 Å². The predicted octanol–water partition coefficient (Wildman–Crippen LogP) is 2.40. The zero-order chi connectivity index (χ0) is 14.5. The summed E-state index contributed by atoms with van der Waals surface area (Å²) in [6.07, 6.45) is 0.633. The third kappa shape index (κ3) is 4.23. The smallest absolute Gasteiger partial charge is 0.226 e. The zero-order valence-electron chi connectivity index (χ0n) is 12.5. The van der Waals surface area contributed by atoms with E-state index in [1.165, 1.54) is 0 Å². The molecule has 20 heavy (non-hydrogen) atoms. The van der Waals surface area contributed by atoms with E-state index in [0.717, 1.165) is 11.3 Å². The Morgan fingerprint density at radius 3 is 2.70 bits per heavy atom. The van der Waals surface area contributed by atoms with Gasteiger partial charge >= 0.3 is 0 Å². The molecule has 1 amide bonds. The Morgan fingerprint density at radius 1 is 1.35 bits per heavy atom. The SMILES string of the molecule is Cc1cccc(OCCC(=O)N2CC(C)OC(C)C2)c1. The molecule has 0 saturated carbocycles. The van der Waals surface area contributed by atoms with Crippen molar-refractivity contribution in [3.63, 3.8) is 0 Å². The summed E-state index contributed by atoms with van der Waals surface area (Å²) in [7, 11) is 0. The number of morpholine rings is 1. The molecule has 1 aromatic rings. The molecule has 110 valence electrons. The number of ether oxygens (including phenoxy) is 2. The van der Waals surface area contributed by atoms with Gasteiger partial charge in [-0.1, -0.05) is 12.1 Å². The first-order valence-corrected chi connectivity index (χ1v) is 7.17. The summed E-state index contributed by atoms with van der Waals surface area (Å²) in [5, 5.41) is 0. The summed E-state index contributed by atoms with van der Waals surface area (Å²) >= 11 is 0. The van der Waals surface area contributed by atoms with Gasteiger partial charge in [-0.3, -0.25) is 4.79 Å². The fourth-order valence-corrected chi connectivity index (χ4v) is 2.50. The molecule has 1 saturated heterocycles. The molecule has 4 nitrogen and oxygen atoms in total. The molecule has 1 fully saturated rings. The van der Waals surface area contributed by atoms with E-state index >= 15 is 0 Å². The molecule has 0 bridgehead atoms. The molecular formula is C16H23NO3. The largest absolute Gasteiger partial charge is 0.493 e. The van der Waals surface area contributed by atoms with Gasteiger partial charge < -0.3 is 14.4 Å². The normalized spacial score (nSPS) is 22.6. The van der Waals surface area contributed by atoms with Crippen LogP contribution in [-0.4, -0.2) is 42.7 Å². The molecule has 2 unspecified atom stereocenters. The summed E-state index contributed by atoms with van der Waals surface area (Å²) in [4.78, 5) is 14.0. The molecule has 1 heterocycles. The average Bonchev–Trinajstić information content (AvgIpc) is 2.37. The minimum atomic E-state index is 0.111. The Balaban J connectivity index is 1.77. The van der Waals surface area contributed by atoms with Gasteiger partial charge in [0.05, 0.1) is 25.2 Å². The number of amides is 1. The maximum absolute atomic E-state index is 12.1. The fraction of sp³-hybridized carbons (Fsp3) is 0.562. The summed E-state index contributed by atoms with van der Waals surface area (Å²) in [5.41, 5.74) is 1.16. The Labute approximate surface area is 120 Å². The van der Waals surface area contributed by atoms with Crippen LogP contribution in [0.1, 0.15) is 25.8 Å². The molecular weight excluding hydrogens is 254 g/mol. The molecule has 2 atom stereocenters. The average molecular weight is 277 g/mol. The number of carbonyl (C=O) groups is 1. The second kappa shape index (κ2) is 6.75. The fourth-order valence-electron chi connectivity index (χ4n) is 2.50. The molecule has 0 radical (unpaired) electrons. The summed E-state index contributed by atoms with van der Waals surface area (Å²) in [5.74, 6) is 0.959. The second-order valence-electron chi connectivity index (χ2n) is 5.47. The first-order chi connectivity index (χ1) is 9.54. The van der Waals surface area contributed by atoms with Gasteiger partial charge in [0, 0.05) is 13.1 Å². The Morgan fingerprint density at radius 2 is 2.05 bits per heavy atom. The van der Waals surface area contributed by atoms with Crippen LogP contribution in [-0.2, 0) is 9.53 Å². The molecule has 2 rings (SSSR count). The molecule has 4 heteroatoms. The van der Waals surface area contributed by atoms with Crippen molar-refractivity contribution in [2.45, 2.75) is 39.4 Å². The number of carbonyl (C=O) groups excluding carboxylic acids is 1. The molecule has 1 aliphatic heterocycles. The van der Waals surface area contributed by atoms with Crippen molar-refractivity contribution >= 4 is 5.91 Å². The van der Waals surface area contributed by atoms with Crippen molar-refractivity contribution in [1.29, 1.82) is 0 Å². The van der Waals surface area contributed by atoms with Crippen LogP contribution in [0.3, 0.4) is 0 Å². The molecule has 0 aliphatic carbocycles. The van der Waals surface area contributed by atoms with Crippen LogP contribution in [0.2, 0.25) is 0 Å². The zero-order valence-corrected chi connectivity index (χ0v) is 12.5. The number of hydrogen-bond acceptors (Lipinski definition) is 3. The maximum Gasteiger partial charge on any atom is 0.226 e. The summed E-state index contributed by atoms with van der Waals surface area (Å²) < 4.78 is 11.3. The summed E-state index contributed by atoms with van der Waals surface area (Å²) in [6.45, 7) is 7.79. The van der Waals surface area contributed by atoms with E-state index < -0.39 is 0 Å². The predicted molar refractivity (Wildman–Crippen MR) is 77.9 cm³/mol. The third-order valence-electron chi connectivity index (χ3n) is 3.35. The van der Waals surface area contributed by atoms with E-state index in [4.69, 9.17) is 9.47 Å². The standard InChI is InChI=1S/C16H23NO3/c1-12-5-4-6-15(9-12)19-8-7-16(18)17-10-13(2)20-14(3)11-17/h4-6,9,13-14H,7-8,10-11H2,1-3H3. The molecule has 1 aliphatic rings. The van der Waals surface area contributed by atoms with Crippen LogP contribution in [0, 0.1) is 6.92 Å². The van der Waals surface area contributed by atoms with Crippen molar-refractivity contribution in [3.8, 4) is 5.75 Å². The Hall–Kier alpha value is -1.55. The second-order valence-corrected chi connectivity index (χ2v) is 5.47. The van der Waals surface area contributed by atoms with Crippen LogP contribution in [0.5, 0.6) is 5.75 Å². The van der Waals surface area contributed by atoms with Crippen molar-refractivity contribution in [1.82, 2.24) is 4.90 Å². The van der Waals surface area contributed by atoms with Crippen LogP contribution >= 0.6 is 0 Å².